The van der Waals surface area contributed by atoms with Crippen molar-refractivity contribution in [3.63, 3.8) is 0 Å². The van der Waals surface area contributed by atoms with E-state index < -0.39 is 0 Å². The number of hydrogen-bond donors (Lipinski definition) is 0. The van der Waals surface area contributed by atoms with E-state index in [1.165, 1.54) is 36.8 Å². The molecule has 0 amide bonds. The van der Waals surface area contributed by atoms with E-state index in [1.807, 2.05) is 12.3 Å². The fraction of sp³-hybridized carbons (Fsp3) is 0.643. The van der Waals surface area contributed by atoms with E-state index in [1.54, 1.807) is 0 Å². The molecule has 0 aliphatic carbocycles. The number of nitrogens with zero attached hydrogens (tertiary/aromatic N) is 2. The molecule has 3 heteroatoms. The maximum absolute atomic E-state index is 4.51. The van der Waals surface area contributed by atoms with Crippen molar-refractivity contribution in [2.75, 3.05) is 19.0 Å². The summed E-state index contributed by atoms with van der Waals surface area (Å²) >= 11 is 0. The first kappa shape index (κ1) is 14.1. The molecule has 2 nitrogen and oxygen atoms in total. The van der Waals surface area contributed by atoms with Crippen molar-refractivity contribution in [2.24, 2.45) is 0 Å². The molecule has 0 radical (unpaired) electrons. The van der Waals surface area contributed by atoms with Gasteiger partial charge < -0.3 is 4.90 Å². The highest BCUT2D eigenvalue weighted by molar-refractivity contribution is 6.58. The van der Waals surface area contributed by atoms with Crippen molar-refractivity contribution < 1.29 is 0 Å². The van der Waals surface area contributed by atoms with Gasteiger partial charge in [0.1, 0.15) is 6.71 Å². The van der Waals surface area contributed by atoms with Crippen LogP contribution >= 0.6 is 0 Å². The van der Waals surface area contributed by atoms with E-state index in [-0.39, 0.29) is 0 Å². The zero-order valence-electron chi connectivity index (χ0n) is 11.7. The second-order valence-corrected chi connectivity index (χ2v) is 4.94. The molecule has 94 valence electrons. The molecule has 0 aromatic carbocycles. The zero-order chi connectivity index (χ0) is 12.7. The number of rotatable bonds is 7. The van der Waals surface area contributed by atoms with E-state index >= 15 is 0 Å². The topological polar surface area (TPSA) is 16.1 Å². The van der Waals surface area contributed by atoms with Gasteiger partial charge in [0.25, 0.3) is 0 Å². The molecular weight excluding hydrogens is 207 g/mol. The normalized spacial score (nSPS) is 10.4. The molecule has 0 saturated heterocycles. The second kappa shape index (κ2) is 7.36. The molecule has 0 saturated carbocycles. The van der Waals surface area contributed by atoms with Crippen molar-refractivity contribution in [2.45, 2.75) is 45.6 Å². The summed E-state index contributed by atoms with van der Waals surface area (Å²) in [6.07, 6.45) is 8.20. The highest BCUT2D eigenvalue weighted by atomic mass is 15.1. The standard InChI is InChI=1S/C14H25BN2/c1-5-15(6-2)11-7-9-13-14(17(3)4)10-8-12-16-13/h8,10,12H,5-7,9,11H2,1-4H3. The molecule has 0 atom stereocenters. The van der Waals surface area contributed by atoms with Gasteiger partial charge in [-0.05, 0) is 18.6 Å². The number of hydrogen-bond acceptors (Lipinski definition) is 2. The van der Waals surface area contributed by atoms with Crippen LogP contribution in [0.2, 0.25) is 19.0 Å². The number of pyridine rings is 1. The van der Waals surface area contributed by atoms with E-state index in [0.717, 1.165) is 13.1 Å². The molecule has 0 bridgehead atoms. The summed E-state index contributed by atoms with van der Waals surface area (Å²) in [5.74, 6) is 0. The Labute approximate surface area is 107 Å². The summed E-state index contributed by atoms with van der Waals surface area (Å²) in [5.41, 5.74) is 2.50. The largest absolute Gasteiger partial charge is 0.376 e. The molecule has 0 N–H and O–H groups in total. The van der Waals surface area contributed by atoms with E-state index in [0.29, 0.717) is 0 Å². The second-order valence-electron chi connectivity index (χ2n) is 4.94. The maximum atomic E-state index is 4.51. The molecule has 17 heavy (non-hydrogen) atoms. The lowest BCUT2D eigenvalue weighted by molar-refractivity contribution is 0.859. The van der Waals surface area contributed by atoms with Gasteiger partial charge in [0.05, 0.1) is 11.4 Å². The van der Waals surface area contributed by atoms with Crippen LogP contribution in [-0.2, 0) is 6.42 Å². The van der Waals surface area contributed by atoms with Gasteiger partial charge in [0, 0.05) is 20.3 Å². The molecule has 0 spiro atoms. The van der Waals surface area contributed by atoms with Crippen LogP contribution in [0.4, 0.5) is 5.69 Å². The van der Waals surface area contributed by atoms with Crippen LogP contribution in [0.3, 0.4) is 0 Å². The lowest BCUT2D eigenvalue weighted by atomic mass is 9.43. The number of aromatic nitrogens is 1. The van der Waals surface area contributed by atoms with Gasteiger partial charge >= 0.3 is 0 Å². The first-order valence-corrected chi connectivity index (χ1v) is 6.80. The van der Waals surface area contributed by atoms with Gasteiger partial charge in [-0.25, -0.2) is 0 Å². The van der Waals surface area contributed by atoms with E-state index in [9.17, 15) is 0 Å². The fourth-order valence-corrected chi connectivity index (χ4v) is 2.28. The zero-order valence-corrected chi connectivity index (χ0v) is 11.7. The Hall–Kier alpha value is -0.985. The SMILES string of the molecule is CCB(CC)CCCc1ncccc1N(C)C. The predicted octanol–water partition coefficient (Wildman–Crippen LogP) is 3.61. The summed E-state index contributed by atoms with van der Waals surface area (Å²) < 4.78 is 0. The van der Waals surface area contributed by atoms with Crippen LogP contribution in [0.15, 0.2) is 18.3 Å². The molecule has 0 aliphatic heterocycles. The van der Waals surface area contributed by atoms with Crippen molar-refractivity contribution in [3.05, 3.63) is 24.0 Å². The maximum Gasteiger partial charge on any atom is 0.139 e. The van der Waals surface area contributed by atoms with Crippen LogP contribution < -0.4 is 4.90 Å². The average molecular weight is 232 g/mol. The van der Waals surface area contributed by atoms with Gasteiger partial charge in [-0.3, -0.25) is 4.98 Å². The van der Waals surface area contributed by atoms with Gasteiger partial charge in [-0.2, -0.15) is 0 Å². The van der Waals surface area contributed by atoms with Crippen molar-refractivity contribution >= 4 is 12.4 Å². The lowest BCUT2D eigenvalue weighted by Crippen LogP contribution is -2.13. The van der Waals surface area contributed by atoms with Gasteiger partial charge in [0.2, 0.25) is 0 Å². The quantitative estimate of drug-likeness (QED) is 0.667. The lowest BCUT2D eigenvalue weighted by Gasteiger charge is -2.16. The molecule has 1 rings (SSSR count). The van der Waals surface area contributed by atoms with Crippen LogP contribution in [-0.4, -0.2) is 25.8 Å². The van der Waals surface area contributed by atoms with Crippen molar-refractivity contribution in [3.8, 4) is 0 Å². The third-order valence-electron chi connectivity index (χ3n) is 3.53. The highest BCUT2D eigenvalue weighted by Gasteiger charge is 2.09. The molecule has 1 heterocycles. The Morgan fingerprint density at radius 3 is 2.53 bits per heavy atom. The summed E-state index contributed by atoms with van der Waals surface area (Å²) in [4.78, 5) is 6.66. The van der Waals surface area contributed by atoms with Crippen molar-refractivity contribution in [1.82, 2.24) is 4.98 Å². The smallest absolute Gasteiger partial charge is 0.139 e. The van der Waals surface area contributed by atoms with Gasteiger partial charge in [0.15, 0.2) is 0 Å². The number of aryl methyl sites for hydroxylation is 1. The Balaban J connectivity index is 2.51. The minimum absolute atomic E-state index is 0.890. The minimum atomic E-state index is 0.890. The fourth-order valence-electron chi connectivity index (χ4n) is 2.28. The number of anilines is 1. The summed E-state index contributed by atoms with van der Waals surface area (Å²) in [5, 5.41) is 0. The van der Waals surface area contributed by atoms with Crippen molar-refractivity contribution in [1.29, 1.82) is 0 Å². The third-order valence-corrected chi connectivity index (χ3v) is 3.53. The van der Waals surface area contributed by atoms with E-state index in [2.05, 4.69) is 43.9 Å². The molecular formula is C14H25BN2. The van der Waals surface area contributed by atoms with Crippen LogP contribution in [0, 0.1) is 0 Å². The first-order valence-electron chi connectivity index (χ1n) is 6.80. The molecule has 1 aromatic rings. The Bertz CT molecular complexity index is 322. The molecule has 1 aromatic heterocycles. The monoisotopic (exact) mass is 232 g/mol. The Morgan fingerprint density at radius 2 is 1.94 bits per heavy atom. The van der Waals surface area contributed by atoms with Crippen LogP contribution in [0.25, 0.3) is 0 Å². The summed E-state index contributed by atoms with van der Waals surface area (Å²) in [6, 6.07) is 4.17. The van der Waals surface area contributed by atoms with Crippen LogP contribution in [0.1, 0.15) is 26.0 Å². The Kier molecular flexibility index (Phi) is 6.10. The van der Waals surface area contributed by atoms with Gasteiger partial charge in [-0.1, -0.05) is 39.2 Å². The molecule has 0 unspecified atom stereocenters. The first-order chi connectivity index (χ1) is 8.19. The van der Waals surface area contributed by atoms with Crippen LogP contribution in [0.5, 0.6) is 0 Å². The highest BCUT2D eigenvalue weighted by Crippen LogP contribution is 2.18. The minimum Gasteiger partial charge on any atom is -0.376 e. The molecule has 0 fully saturated rings. The summed E-state index contributed by atoms with van der Waals surface area (Å²) in [7, 11) is 4.17. The third kappa shape index (κ3) is 4.41. The average Bonchev–Trinajstić information content (AvgIpc) is 2.35. The predicted molar refractivity (Wildman–Crippen MR) is 78.4 cm³/mol. The molecule has 0 aliphatic rings. The van der Waals surface area contributed by atoms with Gasteiger partial charge in [-0.15, -0.1) is 0 Å². The van der Waals surface area contributed by atoms with E-state index in [4.69, 9.17) is 0 Å². The Morgan fingerprint density at radius 1 is 1.24 bits per heavy atom. The summed E-state index contributed by atoms with van der Waals surface area (Å²) in [6.45, 7) is 5.47.